The van der Waals surface area contributed by atoms with Crippen LogP contribution in [0.25, 0.3) is 0 Å². The van der Waals surface area contributed by atoms with E-state index in [1.54, 1.807) is 24.3 Å². The lowest BCUT2D eigenvalue weighted by Crippen LogP contribution is -2.23. The second-order valence-corrected chi connectivity index (χ2v) is 6.98. The van der Waals surface area contributed by atoms with E-state index in [4.69, 9.17) is 4.74 Å². The Labute approximate surface area is 141 Å². The van der Waals surface area contributed by atoms with Crippen molar-refractivity contribution < 1.29 is 19.1 Å². The normalized spacial score (nSPS) is 24.6. The van der Waals surface area contributed by atoms with Crippen LogP contribution in [-0.4, -0.2) is 24.3 Å². The molecule has 1 N–H and O–H groups in total. The van der Waals surface area contributed by atoms with E-state index in [1.807, 2.05) is 0 Å². The number of amides is 1. The van der Waals surface area contributed by atoms with Gasteiger partial charge in [-0.2, -0.15) is 0 Å². The zero-order chi connectivity index (χ0) is 17.1. The third kappa shape index (κ3) is 4.02. The Hall–Kier alpha value is -2.17. The maximum atomic E-state index is 11.9. The summed E-state index contributed by atoms with van der Waals surface area (Å²) in [6, 6.07) is 6.69. The smallest absolute Gasteiger partial charge is 0.306 e. The summed E-state index contributed by atoms with van der Waals surface area (Å²) < 4.78 is 5.11. The van der Waals surface area contributed by atoms with Gasteiger partial charge >= 0.3 is 5.97 Å². The molecule has 1 amide bonds. The molecule has 3 rings (SSSR count). The van der Waals surface area contributed by atoms with E-state index in [0.717, 1.165) is 12.3 Å². The number of hydrogen-bond donors (Lipinski definition) is 1. The predicted octanol–water partition coefficient (Wildman–Crippen LogP) is 3.20. The summed E-state index contributed by atoms with van der Waals surface area (Å²) >= 11 is 0. The third-order valence-corrected chi connectivity index (χ3v) is 5.23. The molecule has 1 aromatic carbocycles. The standard InChI is InChI=1S/C19H23NO4/c1-12(21)14-3-2-4-17(9-14)20-18(22)11-24-19(23)10-16-8-13-5-6-15(16)7-13/h2-4,9,13,15-16H,5-8,10-11H2,1H3,(H,20,22)/t13-,15-,16-/m1/s1. The third-order valence-electron chi connectivity index (χ3n) is 5.23. The van der Waals surface area contributed by atoms with Crippen molar-refractivity contribution in [1.82, 2.24) is 0 Å². The van der Waals surface area contributed by atoms with Gasteiger partial charge in [-0.25, -0.2) is 0 Å². The molecule has 0 heterocycles. The lowest BCUT2D eigenvalue weighted by atomic mass is 9.86. The monoisotopic (exact) mass is 329 g/mol. The highest BCUT2D eigenvalue weighted by Gasteiger charge is 2.40. The average Bonchev–Trinajstić information content (AvgIpc) is 3.16. The molecule has 0 aliphatic heterocycles. The number of nitrogens with one attached hydrogen (secondary N) is 1. The molecule has 0 aromatic heterocycles. The van der Waals surface area contributed by atoms with Crippen LogP contribution >= 0.6 is 0 Å². The van der Waals surface area contributed by atoms with Crippen LogP contribution in [0.4, 0.5) is 5.69 Å². The first-order chi connectivity index (χ1) is 11.5. The Balaban J connectivity index is 1.43. The van der Waals surface area contributed by atoms with Gasteiger partial charge in [0.15, 0.2) is 12.4 Å². The Morgan fingerprint density at radius 3 is 2.71 bits per heavy atom. The number of carbonyl (C=O) groups is 3. The van der Waals surface area contributed by atoms with Crippen LogP contribution in [-0.2, 0) is 14.3 Å². The second kappa shape index (κ2) is 7.16. The molecule has 2 aliphatic rings. The van der Waals surface area contributed by atoms with E-state index < -0.39 is 5.91 Å². The Morgan fingerprint density at radius 2 is 2.04 bits per heavy atom. The molecule has 2 saturated carbocycles. The van der Waals surface area contributed by atoms with Crippen LogP contribution in [0.1, 0.15) is 49.4 Å². The summed E-state index contributed by atoms with van der Waals surface area (Å²) in [5.41, 5.74) is 1.05. The number of benzene rings is 1. The summed E-state index contributed by atoms with van der Waals surface area (Å²) in [5.74, 6) is 1.16. The predicted molar refractivity (Wildman–Crippen MR) is 89.6 cm³/mol. The molecule has 2 fully saturated rings. The van der Waals surface area contributed by atoms with Crippen molar-refractivity contribution in [2.75, 3.05) is 11.9 Å². The Bertz CT molecular complexity index is 655. The lowest BCUT2D eigenvalue weighted by Gasteiger charge is -2.20. The number of hydrogen-bond acceptors (Lipinski definition) is 4. The van der Waals surface area contributed by atoms with Gasteiger partial charge in [-0.1, -0.05) is 18.6 Å². The van der Waals surface area contributed by atoms with Crippen LogP contribution in [0.5, 0.6) is 0 Å². The lowest BCUT2D eigenvalue weighted by molar-refractivity contribution is -0.148. The van der Waals surface area contributed by atoms with Gasteiger partial charge in [0.25, 0.3) is 5.91 Å². The number of ketones is 1. The first-order valence-electron chi connectivity index (χ1n) is 8.57. The van der Waals surface area contributed by atoms with E-state index in [9.17, 15) is 14.4 Å². The Morgan fingerprint density at radius 1 is 1.21 bits per heavy atom. The van der Waals surface area contributed by atoms with Crippen molar-refractivity contribution in [3.8, 4) is 0 Å². The molecule has 24 heavy (non-hydrogen) atoms. The minimum atomic E-state index is -0.392. The van der Waals surface area contributed by atoms with Gasteiger partial charge < -0.3 is 10.1 Å². The average molecular weight is 329 g/mol. The van der Waals surface area contributed by atoms with E-state index >= 15 is 0 Å². The van der Waals surface area contributed by atoms with E-state index in [-0.39, 0.29) is 18.4 Å². The first kappa shape index (κ1) is 16.7. The van der Waals surface area contributed by atoms with Gasteiger partial charge in [0.05, 0.1) is 0 Å². The summed E-state index contributed by atoms with van der Waals surface area (Å²) in [5, 5.41) is 2.64. The second-order valence-electron chi connectivity index (χ2n) is 6.98. The highest BCUT2D eigenvalue weighted by atomic mass is 16.5. The van der Waals surface area contributed by atoms with Crippen LogP contribution < -0.4 is 5.32 Å². The minimum Gasteiger partial charge on any atom is -0.456 e. The van der Waals surface area contributed by atoms with Crippen LogP contribution in [0.15, 0.2) is 24.3 Å². The first-order valence-corrected chi connectivity index (χ1v) is 8.57. The number of ether oxygens (including phenoxy) is 1. The topological polar surface area (TPSA) is 72.5 Å². The fourth-order valence-electron chi connectivity index (χ4n) is 4.06. The van der Waals surface area contributed by atoms with Crippen molar-refractivity contribution in [1.29, 1.82) is 0 Å². The van der Waals surface area contributed by atoms with Crippen LogP contribution in [0.2, 0.25) is 0 Å². The van der Waals surface area contributed by atoms with Crippen molar-refractivity contribution in [3.05, 3.63) is 29.8 Å². The van der Waals surface area contributed by atoms with Gasteiger partial charge in [-0.3, -0.25) is 14.4 Å². The molecule has 128 valence electrons. The van der Waals surface area contributed by atoms with Gasteiger partial charge in [0.1, 0.15) is 0 Å². The quantitative estimate of drug-likeness (QED) is 0.642. The van der Waals surface area contributed by atoms with Gasteiger partial charge in [-0.15, -0.1) is 0 Å². The van der Waals surface area contributed by atoms with Crippen molar-refractivity contribution in [3.63, 3.8) is 0 Å². The van der Waals surface area contributed by atoms with Crippen molar-refractivity contribution in [2.24, 2.45) is 17.8 Å². The molecule has 0 spiro atoms. The highest BCUT2D eigenvalue weighted by molar-refractivity contribution is 5.97. The van der Waals surface area contributed by atoms with Crippen LogP contribution in [0.3, 0.4) is 0 Å². The number of carbonyl (C=O) groups excluding carboxylic acids is 3. The minimum absolute atomic E-state index is 0.0663. The maximum absolute atomic E-state index is 11.9. The Kier molecular flexibility index (Phi) is 4.97. The number of esters is 1. The molecule has 0 saturated heterocycles. The molecule has 2 aliphatic carbocycles. The maximum Gasteiger partial charge on any atom is 0.306 e. The zero-order valence-corrected chi connectivity index (χ0v) is 13.9. The largest absolute Gasteiger partial charge is 0.456 e. The number of anilines is 1. The molecule has 1 aromatic rings. The molecule has 5 nitrogen and oxygen atoms in total. The fourth-order valence-corrected chi connectivity index (χ4v) is 4.06. The molecule has 3 atom stereocenters. The molecule has 0 unspecified atom stereocenters. The molecule has 0 radical (unpaired) electrons. The summed E-state index contributed by atoms with van der Waals surface area (Å²) in [4.78, 5) is 35.2. The van der Waals surface area contributed by atoms with Crippen LogP contribution in [0, 0.1) is 17.8 Å². The fraction of sp³-hybridized carbons (Fsp3) is 0.526. The SMILES string of the molecule is CC(=O)c1cccc(NC(=O)COC(=O)C[C@H]2C[C@@H]3CC[C@@H]2C3)c1. The summed E-state index contributed by atoms with van der Waals surface area (Å²) in [7, 11) is 0. The van der Waals surface area contributed by atoms with Gasteiger partial charge in [0.2, 0.25) is 0 Å². The van der Waals surface area contributed by atoms with E-state index in [0.29, 0.717) is 29.5 Å². The molecule has 2 bridgehead atoms. The number of rotatable bonds is 6. The number of fused-ring (bicyclic) bond motifs is 2. The van der Waals surface area contributed by atoms with E-state index in [1.165, 1.54) is 26.2 Å². The zero-order valence-electron chi connectivity index (χ0n) is 13.9. The van der Waals surface area contributed by atoms with Gasteiger partial charge in [0, 0.05) is 17.7 Å². The molecular formula is C19H23NO4. The molecular weight excluding hydrogens is 306 g/mol. The summed E-state index contributed by atoms with van der Waals surface area (Å²) in [6.45, 7) is 1.18. The summed E-state index contributed by atoms with van der Waals surface area (Å²) in [6.07, 6.45) is 5.34. The van der Waals surface area contributed by atoms with Crippen molar-refractivity contribution in [2.45, 2.75) is 39.0 Å². The van der Waals surface area contributed by atoms with Crippen molar-refractivity contribution >= 4 is 23.3 Å². The number of Topliss-reactive ketones (excluding diaryl/α,β-unsaturated/α-hetero) is 1. The van der Waals surface area contributed by atoms with E-state index in [2.05, 4.69) is 5.32 Å². The molecule has 5 heteroatoms. The van der Waals surface area contributed by atoms with Gasteiger partial charge in [-0.05, 0) is 56.1 Å². The highest BCUT2D eigenvalue weighted by Crippen LogP contribution is 2.49.